The van der Waals surface area contributed by atoms with Gasteiger partial charge < -0.3 is 9.05 Å². The molecule has 0 fully saturated rings. The molecule has 0 radical (unpaired) electrons. The van der Waals surface area contributed by atoms with Crippen LogP contribution in [0, 0.1) is 121 Å². The fraction of sp³-hybridized carbons (Fsp3) is 0.630. The molecule has 836 valence electrons. The van der Waals surface area contributed by atoms with Crippen LogP contribution in [0.15, 0.2) is 246 Å². The molecule has 0 aromatic carbocycles. The number of hydrogen-bond acceptors (Lipinski definition) is 12. The minimum Gasteiger partial charge on any atom is -0.329 e. The molecule has 6 aliphatic carbocycles. The van der Waals surface area contributed by atoms with Crippen LogP contribution in [0.1, 0.15) is 442 Å². The molecule has 0 aliphatic heterocycles. The molecule has 0 spiro atoms. The van der Waals surface area contributed by atoms with E-state index in [2.05, 4.69) is 353 Å². The van der Waals surface area contributed by atoms with Crippen LogP contribution in [0.2, 0.25) is 0 Å². The second-order valence-electron chi connectivity index (χ2n) is 53.6. The van der Waals surface area contributed by atoms with Gasteiger partial charge in [0.2, 0.25) is 14.7 Å². The van der Waals surface area contributed by atoms with Crippen LogP contribution in [0.25, 0.3) is 0 Å². The molecule has 0 bridgehead atoms. The Labute approximate surface area is 917 Å². The third-order valence-electron chi connectivity index (χ3n) is 28.7. The first-order valence-corrected chi connectivity index (χ1v) is 58.9. The predicted octanol–water partition coefficient (Wildman–Crippen LogP) is 41.2. The lowest BCUT2D eigenvalue weighted by atomic mass is 9.72. The van der Waals surface area contributed by atoms with Gasteiger partial charge in [-0.25, -0.2) is 0 Å². The van der Waals surface area contributed by atoms with Crippen LogP contribution in [-0.4, -0.2) is 63.0 Å². The molecule has 2 atom stereocenters. The second kappa shape index (κ2) is 64.7. The van der Waals surface area contributed by atoms with E-state index >= 15 is 0 Å². The zero-order chi connectivity index (χ0) is 115. The summed E-state index contributed by atoms with van der Waals surface area (Å²) in [5.41, 5.74) is 26.4. The smallest absolute Gasteiger partial charge is 0.213 e. The van der Waals surface area contributed by atoms with Gasteiger partial charge in [0.25, 0.3) is 0 Å². The van der Waals surface area contributed by atoms with Crippen molar-refractivity contribution < 1.29 is 37.4 Å². The van der Waals surface area contributed by atoms with Crippen molar-refractivity contribution in [2.45, 2.75) is 442 Å². The van der Waals surface area contributed by atoms with Crippen LogP contribution in [-0.2, 0) is 37.4 Å². The number of aldehydes is 2. The first-order valence-electron chi connectivity index (χ1n) is 54.4. The van der Waals surface area contributed by atoms with Crippen molar-refractivity contribution in [2.24, 2.45) is 75.8 Å². The van der Waals surface area contributed by atoms with E-state index < -0.39 is 14.7 Å². The minimum atomic E-state index is -2.59. The van der Waals surface area contributed by atoms with E-state index in [0.717, 1.165) is 40.4 Å². The molecule has 0 saturated heterocycles. The number of nitrogens with zero attached hydrogens (tertiary/aromatic N) is 4. The summed E-state index contributed by atoms with van der Waals surface area (Å²) in [7, 11) is -5.15. The van der Waals surface area contributed by atoms with E-state index in [9.17, 15) is 28.3 Å². The van der Waals surface area contributed by atoms with Gasteiger partial charge in [-0.3, -0.25) is 28.3 Å². The van der Waals surface area contributed by atoms with Crippen LogP contribution in [0.4, 0.5) is 0 Å². The predicted molar refractivity (Wildman–Crippen MR) is 651 cm³/mol. The van der Waals surface area contributed by atoms with Crippen LogP contribution >= 0.6 is 14.7 Å². The minimum absolute atomic E-state index is 0. The van der Waals surface area contributed by atoms with Crippen molar-refractivity contribution in [1.82, 2.24) is 0 Å². The molecular weight excluding hydrogens is 1870 g/mol. The molecule has 6 rings (SSSR count). The summed E-state index contributed by atoms with van der Waals surface area (Å²) in [4.78, 5) is 44.5. The Bertz CT molecular complexity index is 5360. The number of ketones is 2. The lowest BCUT2D eigenvalue weighted by molar-refractivity contribution is -0.121. The van der Waals surface area contributed by atoms with Gasteiger partial charge in [0.1, 0.15) is 18.7 Å². The Morgan fingerprint density at radius 3 is 0.758 bits per heavy atom. The largest absolute Gasteiger partial charge is 0.329 e. The molecule has 14 heteroatoms. The van der Waals surface area contributed by atoms with Crippen LogP contribution in [0.3, 0.4) is 0 Å². The lowest BCUT2D eigenvalue weighted by Gasteiger charge is -2.33. The Hall–Kier alpha value is -8.44. The molecule has 0 saturated carbocycles. The molecule has 12 nitrogen and oxygen atoms in total. The molecule has 0 N–H and O–H groups in total. The standard InChI is InChI=1S/C26H39N.C26H40O.C18H27N.C18H28O.C16H26O.C13H20O.C11H20NO2P.C5H10NO2P.2CH4/c2*1-20-12-11-18-26(8,9)23(20)16-15-21(24(2,3)4)13-10-14-22(17-19-27)25(5,6)7;2*1-14-8-7-12-18(5,6)16(14)10-9-15(11-13-19)17(2,3)4;1-12-8-7-11-16(5,6)13(12)9-10-14(17)15(2,3)4;1-10-6-5-9-13(3,4)12(10)8-7-11(2)14;1-6-14-15(5,13)9-10(7-8-12)11(2,3)4;1-3-8-9(2,7)5-4-6;;/h10,13-17H,11-12,18H2,1-9H3;10,13-17,19H,11-12,18H2,1-9H3;9-11H,7-8,12H2,1-6H3;9-11,13H,7-8,12H2,1-6H3;9-10H,7-8,11H2,1-6H3;7-8H,5-6,9H2,1-4H3;7H,6,9H2,1-5H3;3,5H2,1-2H3;2*1H4/b2*14-10+,16-15+,21-13-,22-17-;2*10-9+,15-11-;10-9+;8-7+;10-7+;;;. The number of carbonyl (C=O) groups is 4. The van der Waals surface area contributed by atoms with Gasteiger partial charge in [0.05, 0.1) is 37.5 Å². The van der Waals surface area contributed by atoms with Gasteiger partial charge in [-0.05, 0) is 345 Å². The SMILES string of the molecule is C.C.CC(=O)/C=C/C1=C(C)CCCC1(C)C.CC1=C(/C=C/C(=C/C#N)C(C)(C)C)C(C)(C)CCC1.CC1=C(/C=C/C(=C/C=C/C(=C/C#N)C(C)(C)C)C(C)(C)C)C(C)(C)CCC1.CC1=C(/C=C/C(=C/C=C/C(=C/C=O)C(C)(C)C)C(C)(C)C)C(C)(C)CCC1.CC1=C(/C=C/C(=C/C=O)C(C)(C)C)C(C)(C)CCC1.CC1=C(/C=C/C(=O)C(C)(C)C)C(C)(C)CCC1.CCOP(C)(=O)C/C(=C\C#N)C(C)(C)C.CCOP(C)(=O)CC#N. The average Bonchev–Trinajstić information content (AvgIpc) is 0.827. The van der Waals surface area contributed by atoms with E-state index in [1.54, 1.807) is 63.0 Å². The summed E-state index contributed by atoms with van der Waals surface area (Å²) in [6, 6.07) is 8.14. The van der Waals surface area contributed by atoms with Gasteiger partial charge >= 0.3 is 0 Å². The number of carbonyl (C=O) groups excluding carboxylic acids is 4. The van der Waals surface area contributed by atoms with Crippen molar-refractivity contribution in [3.8, 4) is 24.3 Å². The fourth-order valence-electron chi connectivity index (χ4n) is 19.1. The van der Waals surface area contributed by atoms with Crippen molar-refractivity contribution in [2.75, 3.05) is 38.9 Å². The molecule has 0 aromatic heterocycles. The van der Waals surface area contributed by atoms with Gasteiger partial charge in [-0.15, -0.1) is 0 Å². The molecule has 0 heterocycles. The van der Waals surface area contributed by atoms with E-state index in [-0.39, 0.29) is 108 Å². The van der Waals surface area contributed by atoms with Crippen molar-refractivity contribution in [3.05, 3.63) is 246 Å². The number of nitriles is 4. The second-order valence-corrected chi connectivity index (χ2v) is 58.8. The van der Waals surface area contributed by atoms with Crippen molar-refractivity contribution in [3.63, 3.8) is 0 Å². The maximum atomic E-state index is 12.0. The van der Waals surface area contributed by atoms with Gasteiger partial charge in [-0.2, -0.15) is 21.0 Å². The Kier molecular flexibility index (Phi) is 63.7. The van der Waals surface area contributed by atoms with Crippen molar-refractivity contribution >= 4 is 38.9 Å². The van der Waals surface area contributed by atoms with E-state index in [1.165, 1.54) is 206 Å². The van der Waals surface area contributed by atoms with E-state index in [4.69, 9.17) is 30.1 Å². The third-order valence-corrected chi connectivity index (χ3v) is 31.9. The molecule has 6 aliphatic rings. The normalized spacial score (nSPS) is 19.7. The highest BCUT2D eigenvalue weighted by atomic mass is 31.2. The maximum absolute atomic E-state index is 12.0. The highest BCUT2D eigenvalue weighted by molar-refractivity contribution is 7.58. The molecular formula is C135H218N4O8P2. The average molecular weight is 2090 g/mol. The summed E-state index contributed by atoms with van der Waals surface area (Å²) in [5.74, 6) is 0.339. The van der Waals surface area contributed by atoms with E-state index in [1.807, 2.05) is 60.6 Å². The topological polar surface area (TPSA) is 216 Å². The zero-order valence-corrected chi connectivity index (χ0v) is 104. The monoisotopic (exact) mass is 2090 g/mol. The van der Waals surface area contributed by atoms with Gasteiger partial charge in [-0.1, -0.05) is 395 Å². The first-order chi connectivity index (χ1) is 66.9. The number of allylic oxidation sites excluding steroid dienone is 42. The summed E-state index contributed by atoms with van der Waals surface area (Å²) >= 11 is 0. The number of hydrogen-bond donors (Lipinski definition) is 0. The Morgan fingerprint density at radius 1 is 0.322 bits per heavy atom. The highest BCUT2D eigenvalue weighted by Crippen LogP contribution is 2.51. The number of rotatable bonds is 25. The Balaban J connectivity index is -0.000000819. The Morgan fingerprint density at radius 2 is 0.544 bits per heavy atom. The van der Waals surface area contributed by atoms with Gasteiger partial charge in [0, 0.05) is 43.1 Å². The van der Waals surface area contributed by atoms with Gasteiger partial charge in [0.15, 0.2) is 11.6 Å². The van der Waals surface area contributed by atoms with Crippen LogP contribution in [0.5, 0.6) is 0 Å². The first kappa shape index (κ1) is 147. The molecule has 149 heavy (non-hydrogen) atoms. The zero-order valence-electron chi connectivity index (χ0n) is 102. The molecule has 2 unspecified atom stereocenters. The molecule has 0 amide bonds. The quantitative estimate of drug-likeness (QED) is 0.0274. The van der Waals surface area contributed by atoms with E-state index in [0.29, 0.717) is 19.4 Å². The summed E-state index contributed by atoms with van der Waals surface area (Å²) in [5, 5.41) is 34.8. The highest BCUT2D eigenvalue weighted by Gasteiger charge is 2.35. The lowest BCUT2D eigenvalue weighted by Crippen LogP contribution is -2.21. The van der Waals surface area contributed by atoms with Crippen LogP contribution < -0.4 is 0 Å². The van der Waals surface area contributed by atoms with Crippen molar-refractivity contribution in [1.29, 1.82) is 21.0 Å². The third kappa shape index (κ3) is 56.8. The summed E-state index contributed by atoms with van der Waals surface area (Å²) in [6.07, 6.45) is 70.8. The summed E-state index contributed by atoms with van der Waals surface area (Å²) < 4.78 is 33.0. The fourth-order valence-corrected chi connectivity index (χ4v) is 21.8. The maximum Gasteiger partial charge on any atom is 0.213 e. The summed E-state index contributed by atoms with van der Waals surface area (Å²) in [6.45, 7) is 101. The molecule has 0 aromatic rings.